The van der Waals surface area contributed by atoms with Crippen molar-refractivity contribution in [2.45, 2.75) is 58.2 Å². The summed E-state index contributed by atoms with van der Waals surface area (Å²) in [6, 6.07) is 16.7. The van der Waals surface area contributed by atoms with Crippen molar-refractivity contribution in [3.05, 3.63) is 65.4 Å². The molecule has 0 amide bonds. The van der Waals surface area contributed by atoms with Crippen LogP contribution in [0.2, 0.25) is 0 Å². The van der Waals surface area contributed by atoms with E-state index in [0.29, 0.717) is 19.4 Å². The molecule has 7 nitrogen and oxygen atoms in total. The zero-order valence-electron chi connectivity index (χ0n) is 20.3. The molecule has 7 heteroatoms. The fraction of sp³-hybridized carbons (Fsp3) is 0.393. The second-order valence-corrected chi connectivity index (χ2v) is 9.39. The molecule has 0 bridgehead atoms. The number of aryl methyl sites for hydroxylation is 3. The fourth-order valence-corrected chi connectivity index (χ4v) is 4.47. The van der Waals surface area contributed by atoms with E-state index >= 15 is 0 Å². The van der Waals surface area contributed by atoms with Gasteiger partial charge in [-0.05, 0) is 39.5 Å². The number of rotatable bonds is 9. The number of nitrogens with zero attached hydrogens (tertiary/aromatic N) is 3. The lowest BCUT2D eigenvalue weighted by atomic mass is 10.0. The van der Waals surface area contributed by atoms with Gasteiger partial charge in [-0.25, -0.2) is 9.97 Å². The third-order valence-corrected chi connectivity index (χ3v) is 6.49. The summed E-state index contributed by atoms with van der Waals surface area (Å²) in [7, 11) is 0. The summed E-state index contributed by atoms with van der Waals surface area (Å²) in [5, 5.41) is 28.8. The van der Waals surface area contributed by atoms with Crippen LogP contribution in [0.4, 0.5) is 5.82 Å². The molecule has 0 radical (unpaired) electrons. The summed E-state index contributed by atoms with van der Waals surface area (Å²) < 4.78 is 0. The molecule has 0 spiro atoms. The molecule has 2 unspecified atom stereocenters. The van der Waals surface area contributed by atoms with Gasteiger partial charge >= 0.3 is 5.97 Å². The molecule has 0 fully saturated rings. The van der Waals surface area contributed by atoms with E-state index < -0.39 is 24.6 Å². The predicted molar refractivity (Wildman–Crippen MR) is 136 cm³/mol. The smallest absolute Gasteiger partial charge is 0.306 e. The molecule has 0 saturated carbocycles. The molecule has 2 atom stereocenters. The van der Waals surface area contributed by atoms with Crippen molar-refractivity contribution in [1.29, 1.82) is 0 Å². The maximum atomic E-state index is 10.8. The van der Waals surface area contributed by atoms with E-state index in [1.807, 2.05) is 0 Å². The van der Waals surface area contributed by atoms with Gasteiger partial charge in [0.25, 0.3) is 0 Å². The number of aromatic nitrogens is 2. The van der Waals surface area contributed by atoms with Gasteiger partial charge in [-0.2, -0.15) is 0 Å². The number of anilines is 1. The first-order chi connectivity index (χ1) is 16.8. The molecule has 0 aliphatic carbocycles. The Bertz CT molecular complexity index is 1160. The lowest BCUT2D eigenvalue weighted by Crippen LogP contribution is -2.34. The molecular formula is C28H33N3O4. The summed E-state index contributed by atoms with van der Waals surface area (Å²) in [4.78, 5) is 23.2. The summed E-state index contributed by atoms with van der Waals surface area (Å²) >= 11 is 0. The molecule has 1 aromatic heterocycles. The monoisotopic (exact) mass is 475 g/mol. The van der Waals surface area contributed by atoms with Crippen molar-refractivity contribution < 1.29 is 20.1 Å². The Balaban J connectivity index is 1.62. The number of carbonyl (C=O) groups is 1. The van der Waals surface area contributed by atoms with Crippen LogP contribution in [0.25, 0.3) is 22.5 Å². The predicted octanol–water partition coefficient (Wildman–Crippen LogP) is 4.16. The molecule has 3 aromatic rings. The number of carboxylic acid groups (broad SMARTS) is 1. The Labute approximate surface area is 206 Å². The number of hydrogen-bond donors (Lipinski definition) is 3. The zero-order valence-corrected chi connectivity index (χ0v) is 20.3. The number of aliphatic hydroxyl groups is 2. The summed E-state index contributed by atoms with van der Waals surface area (Å²) in [5.41, 5.74) is 7.11. The molecule has 1 aliphatic rings. The molecule has 1 aliphatic heterocycles. The average molecular weight is 476 g/mol. The van der Waals surface area contributed by atoms with Crippen LogP contribution in [-0.2, 0) is 11.2 Å². The van der Waals surface area contributed by atoms with Crippen molar-refractivity contribution in [1.82, 2.24) is 9.97 Å². The highest BCUT2D eigenvalue weighted by molar-refractivity contribution is 5.79. The number of aliphatic hydroxyl groups excluding tert-OH is 2. The molecule has 3 N–H and O–H groups in total. The van der Waals surface area contributed by atoms with Gasteiger partial charge in [0.1, 0.15) is 0 Å². The quantitative estimate of drug-likeness (QED) is 0.427. The minimum absolute atomic E-state index is 0.319. The van der Waals surface area contributed by atoms with E-state index in [0.717, 1.165) is 53.4 Å². The summed E-state index contributed by atoms with van der Waals surface area (Å²) in [6.45, 7) is 5.62. The van der Waals surface area contributed by atoms with Gasteiger partial charge in [0, 0.05) is 24.2 Å². The van der Waals surface area contributed by atoms with Crippen molar-refractivity contribution >= 4 is 11.8 Å². The SMILES string of the molecule is Cc1ccc(-c2nc3c(nc2-c2ccc(C)cc2)N(CCCC(O)C(O)CC(=O)O)CCC3)cc1. The highest BCUT2D eigenvalue weighted by Gasteiger charge is 2.25. The van der Waals surface area contributed by atoms with Gasteiger partial charge in [-0.3, -0.25) is 4.79 Å². The van der Waals surface area contributed by atoms with Crippen molar-refractivity contribution in [3.8, 4) is 22.5 Å². The first-order valence-electron chi connectivity index (χ1n) is 12.2. The highest BCUT2D eigenvalue weighted by Crippen LogP contribution is 2.35. The van der Waals surface area contributed by atoms with E-state index in [1.54, 1.807) is 0 Å². The summed E-state index contributed by atoms with van der Waals surface area (Å²) in [6.07, 6.45) is -0.0338. The Morgan fingerprint density at radius 2 is 1.49 bits per heavy atom. The standard InChI is InChI=1S/C28H33N3O4/c1-18-7-11-20(12-8-18)26-27(21-13-9-19(2)10-14-21)30-28-22(29-26)5-3-15-31(28)16-4-6-23(32)24(33)17-25(34)35/h7-14,23-24,32-33H,3-6,15-17H2,1-2H3,(H,34,35). The number of carboxylic acids is 1. The third-order valence-electron chi connectivity index (χ3n) is 6.49. The summed E-state index contributed by atoms with van der Waals surface area (Å²) in [5.74, 6) is -0.256. The molecule has 2 heterocycles. The van der Waals surface area contributed by atoms with Gasteiger partial charge in [-0.15, -0.1) is 0 Å². The number of aliphatic carboxylic acids is 1. The van der Waals surface area contributed by atoms with Crippen LogP contribution in [0.1, 0.15) is 42.5 Å². The van der Waals surface area contributed by atoms with Crippen molar-refractivity contribution in [2.24, 2.45) is 0 Å². The van der Waals surface area contributed by atoms with Gasteiger partial charge < -0.3 is 20.2 Å². The fourth-order valence-electron chi connectivity index (χ4n) is 4.47. The van der Waals surface area contributed by atoms with Crippen LogP contribution in [0.15, 0.2) is 48.5 Å². The lowest BCUT2D eigenvalue weighted by Gasteiger charge is -2.31. The first-order valence-corrected chi connectivity index (χ1v) is 12.2. The van der Waals surface area contributed by atoms with Gasteiger partial charge in [0.15, 0.2) is 5.82 Å². The Kier molecular flexibility index (Phi) is 7.78. The topological polar surface area (TPSA) is 107 Å². The van der Waals surface area contributed by atoms with E-state index in [1.165, 1.54) is 11.1 Å². The molecular weight excluding hydrogens is 442 g/mol. The van der Waals surface area contributed by atoms with Crippen LogP contribution in [-0.4, -0.2) is 56.6 Å². The van der Waals surface area contributed by atoms with Crippen LogP contribution in [0.3, 0.4) is 0 Å². The maximum Gasteiger partial charge on any atom is 0.306 e. The second kappa shape index (κ2) is 11.0. The average Bonchev–Trinajstić information content (AvgIpc) is 2.84. The minimum Gasteiger partial charge on any atom is -0.481 e. The first kappa shape index (κ1) is 24.8. The van der Waals surface area contributed by atoms with E-state index in [2.05, 4.69) is 67.3 Å². The molecule has 2 aromatic carbocycles. The van der Waals surface area contributed by atoms with Crippen LogP contribution < -0.4 is 4.90 Å². The van der Waals surface area contributed by atoms with E-state index in [9.17, 15) is 15.0 Å². The Morgan fingerprint density at radius 3 is 2.06 bits per heavy atom. The van der Waals surface area contributed by atoms with Crippen molar-refractivity contribution in [2.75, 3.05) is 18.0 Å². The number of hydrogen-bond acceptors (Lipinski definition) is 6. The largest absolute Gasteiger partial charge is 0.481 e. The van der Waals surface area contributed by atoms with E-state index in [4.69, 9.17) is 15.1 Å². The second-order valence-electron chi connectivity index (χ2n) is 9.39. The number of fused-ring (bicyclic) bond motifs is 1. The molecule has 35 heavy (non-hydrogen) atoms. The third kappa shape index (κ3) is 6.05. The van der Waals surface area contributed by atoms with Gasteiger partial charge in [-0.1, -0.05) is 59.7 Å². The number of benzene rings is 2. The molecule has 184 valence electrons. The lowest BCUT2D eigenvalue weighted by molar-refractivity contribution is -0.141. The molecule has 0 saturated heterocycles. The van der Waals surface area contributed by atoms with Crippen molar-refractivity contribution in [3.63, 3.8) is 0 Å². The minimum atomic E-state index is -1.26. The van der Waals surface area contributed by atoms with Crippen LogP contribution >= 0.6 is 0 Å². The van der Waals surface area contributed by atoms with Crippen LogP contribution in [0, 0.1) is 13.8 Å². The van der Waals surface area contributed by atoms with Gasteiger partial charge in [0.2, 0.25) is 0 Å². The zero-order chi connectivity index (χ0) is 24.9. The highest BCUT2D eigenvalue weighted by atomic mass is 16.4. The maximum absolute atomic E-state index is 10.8. The Hall–Kier alpha value is -3.29. The molecule has 4 rings (SSSR count). The Morgan fingerprint density at radius 1 is 0.914 bits per heavy atom. The van der Waals surface area contributed by atoms with E-state index in [-0.39, 0.29) is 0 Å². The van der Waals surface area contributed by atoms with Crippen LogP contribution in [0.5, 0.6) is 0 Å². The normalized spacial score (nSPS) is 14.9. The van der Waals surface area contributed by atoms with Gasteiger partial charge in [0.05, 0.1) is 35.7 Å².